The fraction of sp³-hybridized carbons (Fsp3) is 0.524. The molecule has 4 rings (SSSR count). The summed E-state index contributed by atoms with van der Waals surface area (Å²) < 4.78 is 28.3. The lowest BCUT2D eigenvalue weighted by molar-refractivity contribution is 0.0667. The van der Waals surface area contributed by atoms with Crippen molar-refractivity contribution in [2.24, 2.45) is 12.5 Å². The number of halogens is 2. The predicted molar refractivity (Wildman–Crippen MR) is 102 cm³/mol. The molecule has 2 aliphatic heterocycles. The number of carbonyl (C=O) groups excluding carboxylic acids is 1. The summed E-state index contributed by atoms with van der Waals surface area (Å²) in [4.78, 5) is 17.2. The van der Waals surface area contributed by atoms with Gasteiger partial charge in [-0.25, -0.2) is 8.78 Å². The van der Waals surface area contributed by atoms with Crippen molar-refractivity contribution in [3.05, 3.63) is 52.9 Å². The molecule has 2 aromatic rings. The molecular formula is C21H26F2N4O. The Labute approximate surface area is 163 Å². The lowest BCUT2D eigenvalue weighted by atomic mass is 9.79. The molecule has 2 fully saturated rings. The molecule has 0 unspecified atom stereocenters. The van der Waals surface area contributed by atoms with Crippen molar-refractivity contribution in [3.8, 4) is 0 Å². The van der Waals surface area contributed by atoms with Crippen molar-refractivity contribution < 1.29 is 13.6 Å². The molecule has 0 saturated carbocycles. The van der Waals surface area contributed by atoms with Gasteiger partial charge in [0.05, 0.1) is 5.69 Å². The summed E-state index contributed by atoms with van der Waals surface area (Å²) in [5.41, 5.74) is 2.34. The second kappa shape index (κ2) is 7.28. The summed E-state index contributed by atoms with van der Waals surface area (Å²) in [6.45, 7) is 5.80. The molecular weight excluding hydrogens is 362 g/mol. The van der Waals surface area contributed by atoms with Gasteiger partial charge in [0.2, 0.25) is 0 Å². The third-order valence-electron chi connectivity index (χ3n) is 6.08. The van der Waals surface area contributed by atoms with Gasteiger partial charge in [0, 0.05) is 38.6 Å². The topological polar surface area (TPSA) is 41.4 Å². The van der Waals surface area contributed by atoms with Crippen LogP contribution < -0.4 is 0 Å². The fourth-order valence-electron chi connectivity index (χ4n) is 4.76. The number of benzene rings is 1. The molecule has 2 aliphatic rings. The number of carbonyl (C=O) groups is 1. The van der Waals surface area contributed by atoms with Gasteiger partial charge in [-0.2, -0.15) is 5.10 Å². The number of aromatic nitrogens is 2. The SMILES string of the molecule is Cc1cc(C(=O)N2CC[C@]3(CCCN(Cc4ccc(F)c(F)c4)C3)C2)n(C)n1. The highest BCUT2D eigenvalue weighted by molar-refractivity contribution is 5.93. The first-order valence-electron chi connectivity index (χ1n) is 9.81. The van der Waals surface area contributed by atoms with Crippen LogP contribution in [0.4, 0.5) is 8.78 Å². The fourth-order valence-corrected chi connectivity index (χ4v) is 4.76. The van der Waals surface area contributed by atoms with Crippen molar-refractivity contribution in [3.63, 3.8) is 0 Å². The Morgan fingerprint density at radius 3 is 2.68 bits per heavy atom. The number of rotatable bonds is 3. The van der Waals surface area contributed by atoms with Crippen LogP contribution in [0.15, 0.2) is 24.3 Å². The molecule has 7 heteroatoms. The number of piperidine rings is 1. The van der Waals surface area contributed by atoms with Crippen LogP contribution in [0.3, 0.4) is 0 Å². The molecule has 1 aromatic carbocycles. The van der Waals surface area contributed by atoms with Gasteiger partial charge < -0.3 is 4.90 Å². The average molecular weight is 388 g/mol. The molecule has 0 aliphatic carbocycles. The van der Waals surface area contributed by atoms with Crippen LogP contribution in [0, 0.1) is 24.0 Å². The first-order valence-corrected chi connectivity index (χ1v) is 9.81. The standard InChI is InChI=1S/C21H26F2N4O/c1-15-10-19(25(2)24-15)20(28)27-9-7-21(14-27)6-3-8-26(13-21)12-16-4-5-17(22)18(23)11-16/h4-5,10-11H,3,6-9,12-14H2,1-2H3/t21-/m0/s1. The second-order valence-corrected chi connectivity index (χ2v) is 8.33. The monoisotopic (exact) mass is 388 g/mol. The van der Waals surface area contributed by atoms with E-state index in [1.54, 1.807) is 17.8 Å². The van der Waals surface area contributed by atoms with Gasteiger partial charge in [-0.3, -0.25) is 14.4 Å². The minimum absolute atomic E-state index is 0.0395. The van der Waals surface area contributed by atoms with Crippen molar-refractivity contribution >= 4 is 5.91 Å². The Bertz CT molecular complexity index is 897. The summed E-state index contributed by atoms with van der Waals surface area (Å²) in [5.74, 6) is -1.57. The highest BCUT2D eigenvalue weighted by Crippen LogP contribution is 2.39. The van der Waals surface area contributed by atoms with E-state index in [2.05, 4.69) is 10.00 Å². The van der Waals surface area contributed by atoms with Crippen molar-refractivity contribution in [1.29, 1.82) is 0 Å². The highest BCUT2D eigenvalue weighted by atomic mass is 19.2. The quantitative estimate of drug-likeness (QED) is 0.811. The van der Waals surface area contributed by atoms with Gasteiger partial charge in [-0.15, -0.1) is 0 Å². The zero-order valence-electron chi connectivity index (χ0n) is 16.4. The van der Waals surface area contributed by atoms with E-state index < -0.39 is 11.6 Å². The number of hydrogen-bond donors (Lipinski definition) is 0. The van der Waals surface area contributed by atoms with E-state index in [9.17, 15) is 13.6 Å². The summed E-state index contributed by atoms with van der Waals surface area (Å²) in [6, 6.07) is 5.96. The van der Waals surface area contributed by atoms with E-state index in [1.807, 2.05) is 17.9 Å². The van der Waals surface area contributed by atoms with E-state index in [-0.39, 0.29) is 11.3 Å². The van der Waals surface area contributed by atoms with Crippen LogP contribution in [0.2, 0.25) is 0 Å². The van der Waals surface area contributed by atoms with Crippen molar-refractivity contribution in [2.45, 2.75) is 32.7 Å². The lowest BCUT2D eigenvalue weighted by Gasteiger charge is -2.40. The molecule has 3 heterocycles. The molecule has 1 amide bonds. The van der Waals surface area contributed by atoms with Gasteiger partial charge in [0.15, 0.2) is 11.6 Å². The first kappa shape index (κ1) is 19.1. The molecule has 28 heavy (non-hydrogen) atoms. The van der Waals surface area contributed by atoms with E-state index in [0.717, 1.165) is 56.7 Å². The second-order valence-electron chi connectivity index (χ2n) is 8.33. The summed E-state index contributed by atoms with van der Waals surface area (Å²) in [5, 5.41) is 4.28. The van der Waals surface area contributed by atoms with Crippen LogP contribution in [-0.4, -0.2) is 51.7 Å². The van der Waals surface area contributed by atoms with Gasteiger partial charge in [-0.1, -0.05) is 6.07 Å². The number of amides is 1. The highest BCUT2D eigenvalue weighted by Gasteiger charge is 2.43. The smallest absolute Gasteiger partial charge is 0.272 e. The van der Waals surface area contributed by atoms with Crippen LogP contribution in [0.5, 0.6) is 0 Å². The number of nitrogens with zero attached hydrogens (tertiary/aromatic N) is 4. The summed E-state index contributed by atoms with van der Waals surface area (Å²) in [7, 11) is 1.80. The predicted octanol–water partition coefficient (Wildman–Crippen LogP) is 3.14. The van der Waals surface area contributed by atoms with Crippen LogP contribution >= 0.6 is 0 Å². The lowest BCUT2D eigenvalue weighted by Crippen LogP contribution is -2.45. The van der Waals surface area contributed by atoms with Crippen molar-refractivity contribution in [2.75, 3.05) is 26.2 Å². The maximum Gasteiger partial charge on any atom is 0.272 e. The third kappa shape index (κ3) is 3.68. The van der Waals surface area contributed by atoms with Gasteiger partial charge in [-0.05, 0) is 56.5 Å². The molecule has 0 N–H and O–H groups in total. The molecule has 150 valence electrons. The molecule has 0 radical (unpaired) electrons. The van der Waals surface area contributed by atoms with Gasteiger partial charge >= 0.3 is 0 Å². The Balaban J connectivity index is 1.43. The minimum Gasteiger partial charge on any atom is -0.337 e. The van der Waals surface area contributed by atoms with Gasteiger partial charge in [0.25, 0.3) is 5.91 Å². The summed E-state index contributed by atoms with van der Waals surface area (Å²) >= 11 is 0. The maximum atomic E-state index is 13.5. The van der Waals surface area contributed by atoms with E-state index in [4.69, 9.17) is 0 Å². The van der Waals surface area contributed by atoms with Gasteiger partial charge in [0.1, 0.15) is 5.69 Å². The van der Waals surface area contributed by atoms with E-state index in [0.29, 0.717) is 12.2 Å². The van der Waals surface area contributed by atoms with Crippen LogP contribution in [-0.2, 0) is 13.6 Å². The molecule has 5 nitrogen and oxygen atoms in total. The number of aryl methyl sites for hydroxylation is 2. The Hall–Kier alpha value is -2.28. The minimum atomic E-state index is -0.811. The molecule has 1 spiro atoms. The average Bonchev–Trinajstić information content (AvgIpc) is 3.20. The zero-order valence-corrected chi connectivity index (χ0v) is 16.4. The molecule has 0 bridgehead atoms. The van der Waals surface area contributed by atoms with Crippen LogP contribution in [0.1, 0.15) is 41.0 Å². The molecule has 2 saturated heterocycles. The zero-order chi connectivity index (χ0) is 19.9. The molecule has 1 atom stereocenters. The Morgan fingerprint density at radius 2 is 1.96 bits per heavy atom. The third-order valence-corrected chi connectivity index (χ3v) is 6.08. The Kier molecular flexibility index (Phi) is 4.95. The number of likely N-dealkylation sites (tertiary alicyclic amines) is 2. The van der Waals surface area contributed by atoms with E-state index >= 15 is 0 Å². The largest absolute Gasteiger partial charge is 0.337 e. The maximum absolute atomic E-state index is 13.5. The normalized spacial score (nSPS) is 22.9. The molecule has 1 aromatic heterocycles. The number of hydrogen-bond acceptors (Lipinski definition) is 3. The first-order chi connectivity index (χ1) is 13.3. The Morgan fingerprint density at radius 1 is 1.14 bits per heavy atom. The van der Waals surface area contributed by atoms with E-state index in [1.165, 1.54) is 12.1 Å². The van der Waals surface area contributed by atoms with Crippen LogP contribution in [0.25, 0.3) is 0 Å². The van der Waals surface area contributed by atoms with Crippen molar-refractivity contribution in [1.82, 2.24) is 19.6 Å². The summed E-state index contributed by atoms with van der Waals surface area (Å²) in [6.07, 6.45) is 3.12.